The molecule has 0 radical (unpaired) electrons. The number of hydrogen-bond donors (Lipinski definition) is 0. The van der Waals surface area contributed by atoms with Gasteiger partial charge in [0.15, 0.2) is 5.78 Å². The van der Waals surface area contributed by atoms with Gasteiger partial charge in [-0.25, -0.2) is 0 Å². The van der Waals surface area contributed by atoms with Crippen LogP contribution in [0, 0.1) is 5.92 Å². The molecule has 0 saturated carbocycles. The van der Waals surface area contributed by atoms with Gasteiger partial charge in [-0.3, -0.25) is 9.78 Å². The van der Waals surface area contributed by atoms with Crippen LogP contribution in [-0.2, 0) is 6.54 Å². The fraction of sp³-hybridized carbons (Fsp3) is 0.286. The maximum absolute atomic E-state index is 11.8. The third-order valence-electron chi connectivity index (χ3n) is 2.77. The Balaban J connectivity index is 2.17. The highest BCUT2D eigenvalue weighted by Gasteiger charge is 2.11. The molecule has 0 aromatic carbocycles. The normalized spacial score (nSPS) is 10.9. The van der Waals surface area contributed by atoms with E-state index in [1.54, 1.807) is 12.4 Å². The highest BCUT2D eigenvalue weighted by molar-refractivity contribution is 6.31. The lowest BCUT2D eigenvalue weighted by Crippen LogP contribution is -2.06. The van der Waals surface area contributed by atoms with Gasteiger partial charge in [-0.15, -0.1) is 0 Å². The first-order valence-electron chi connectivity index (χ1n) is 5.86. The van der Waals surface area contributed by atoms with Crippen molar-refractivity contribution in [3.05, 3.63) is 53.1 Å². The lowest BCUT2D eigenvalue weighted by atomic mass is 10.0. The molecular formula is C14H15ClN2O. The van der Waals surface area contributed by atoms with Gasteiger partial charge >= 0.3 is 0 Å². The number of pyridine rings is 1. The topological polar surface area (TPSA) is 34.9 Å². The van der Waals surface area contributed by atoms with Gasteiger partial charge < -0.3 is 4.57 Å². The van der Waals surface area contributed by atoms with Crippen molar-refractivity contribution in [2.24, 2.45) is 5.92 Å². The Morgan fingerprint density at radius 2 is 2.22 bits per heavy atom. The van der Waals surface area contributed by atoms with E-state index in [0.29, 0.717) is 11.6 Å². The van der Waals surface area contributed by atoms with Gasteiger partial charge in [0.2, 0.25) is 0 Å². The average molecular weight is 263 g/mol. The van der Waals surface area contributed by atoms with E-state index in [4.69, 9.17) is 11.6 Å². The summed E-state index contributed by atoms with van der Waals surface area (Å²) in [7, 11) is 0. The second kappa shape index (κ2) is 5.36. The summed E-state index contributed by atoms with van der Waals surface area (Å²) in [5.74, 6) is 0.180. The maximum atomic E-state index is 11.8. The van der Waals surface area contributed by atoms with Crippen molar-refractivity contribution < 1.29 is 4.79 Å². The average Bonchev–Trinajstić information content (AvgIpc) is 2.79. The number of carbonyl (C=O) groups excluding carboxylic acids is 1. The summed E-state index contributed by atoms with van der Waals surface area (Å²) in [6.45, 7) is 4.45. The van der Waals surface area contributed by atoms with E-state index in [0.717, 1.165) is 11.1 Å². The Morgan fingerprint density at radius 3 is 2.89 bits per heavy atom. The molecule has 0 bridgehead atoms. The molecule has 0 aliphatic heterocycles. The monoisotopic (exact) mass is 262 g/mol. The summed E-state index contributed by atoms with van der Waals surface area (Å²) >= 11 is 6.05. The van der Waals surface area contributed by atoms with Crippen LogP contribution in [-0.4, -0.2) is 15.3 Å². The number of Topliss-reactive ketones (excluding diaryl/α,β-unsaturated/α-hetero) is 1. The molecule has 2 aromatic heterocycles. The largest absolute Gasteiger partial charge is 0.349 e. The number of nitrogens with zero attached hydrogens (tertiary/aromatic N) is 2. The van der Waals surface area contributed by atoms with E-state index >= 15 is 0 Å². The third-order valence-corrected chi connectivity index (χ3v) is 3.11. The predicted octanol–water partition coefficient (Wildman–Crippen LogP) is 3.42. The fourth-order valence-electron chi connectivity index (χ4n) is 1.75. The van der Waals surface area contributed by atoms with Gasteiger partial charge in [-0.1, -0.05) is 25.4 Å². The minimum absolute atomic E-state index is 0.0189. The second-order valence-corrected chi connectivity index (χ2v) is 4.97. The van der Waals surface area contributed by atoms with Crippen LogP contribution in [0.5, 0.6) is 0 Å². The molecule has 18 heavy (non-hydrogen) atoms. The van der Waals surface area contributed by atoms with E-state index in [2.05, 4.69) is 4.98 Å². The molecule has 0 fully saturated rings. The molecule has 2 rings (SSSR count). The summed E-state index contributed by atoms with van der Waals surface area (Å²) in [5.41, 5.74) is 1.74. The maximum Gasteiger partial charge on any atom is 0.166 e. The standard InChI is InChI=1S/C14H15ClN2O/c1-10(2)14(18)12-4-6-17(9-12)8-11-3-5-16-7-13(11)15/h3-7,9-10H,8H2,1-2H3. The molecule has 0 spiro atoms. The number of aromatic nitrogens is 2. The van der Waals surface area contributed by atoms with E-state index in [9.17, 15) is 4.79 Å². The van der Waals surface area contributed by atoms with E-state index < -0.39 is 0 Å². The lowest BCUT2D eigenvalue weighted by Gasteiger charge is -2.05. The number of carbonyl (C=O) groups is 1. The summed E-state index contributed by atoms with van der Waals surface area (Å²) in [5, 5.41) is 0.642. The van der Waals surface area contributed by atoms with Crippen molar-refractivity contribution in [3.8, 4) is 0 Å². The highest BCUT2D eigenvalue weighted by Crippen LogP contribution is 2.16. The minimum atomic E-state index is 0.0189. The van der Waals surface area contributed by atoms with Crippen LogP contribution in [0.1, 0.15) is 29.8 Å². The third kappa shape index (κ3) is 2.79. The zero-order valence-corrected chi connectivity index (χ0v) is 11.2. The van der Waals surface area contributed by atoms with Crippen molar-refractivity contribution in [2.45, 2.75) is 20.4 Å². The molecule has 0 saturated heterocycles. The quantitative estimate of drug-likeness (QED) is 0.792. The van der Waals surface area contributed by atoms with E-state index in [-0.39, 0.29) is 11.7 Å². The van der Waals surface area contributed by atoms with Crippen LogP contribution >= 0.6 is 11.6 Å². The van der Waals surface area contributed by atoms with Gasteiger partial charge in [0.25, 0.3) is 0 Å². The minimum Gasteiger partial charge on any atom is -0.349 e. The number of hydrogen-bond acceptors (Lipinski definition) is 2. The molecule has 2 aromatic rings. The van der Waals surface area contributed by atoms with Crippen LogP contribution in [0.15, 0.2) is 36.9 Å². The molecule has 0 N–H and O–H groups in total. The van der Waals surface area contributed by atoms with E-state index in [1.807, 2.05) is 42.9 Å². The van der Waals surface area contributed by atoms with Gasteiger partial charge in [-0.05, 0) is 17.7 Å². The predicted molar refractivity (Wildman–Crippen MR) is 71.9 cm³/mol. The van der Waals surface area contributed by atoms with Gasteiger partial charge in [0.05, 0.1) is 5.02 Å². The molecule has 94 valence electrons. The first kappa shape index (κ1) is 12.8. The summed E-state index contributed by atoms with van der Waals surface area (Å²) < 4.78 is 1.96. The zero-order valence-electron chi connectivity index (χ0n) is 10.4. The summed E-state index contributed by atoms with van der Waals surface area (Å²) in [6, 6.07) is 3.73. The Kier molecular flexibility index (Phi) is 3.82. The molecular weight excluding hydrogens is 248 g/mol. The summed E-state index contributed by atoms with van der Waals surface area (Å²) in [6.07, 6.45) is 7.09. The smallest absolute Gasteiger partial charge is 0.166 e. The van der Waals surface area contributed by atoms with Crippen LogP contribution in [0.4, 0.5) is 0 Å². The summed E-state index contributed by atoms with van der Waals surface area (Å²) in [4.78, 5) is 15.8. The zero-order chi connectivity index (χ0) is 13.1. The molecule has 4 heteroatoms. The molecule has 0 unspecified atom stereocenters. The number of halogens is 1. The molecule has 0 amide bonds. The molecule has 0 aliphatic rings. The van der Waals surface area contributed by atoms with Crippen molar-refractivity contribution >= 4 is 17.4 Å². The lowest BCUT2D eigenvalue weighted by molar-refractivity contribution is 0.0939. The van der Waals surface area contributed by atoms with Crippen LogP contribution < -0.4 is 0 Å². The highest BCUT2D eigenvalue weighted by atomic mass is 35.5. The van der Waals surface area contributed by atoms with Crippen LogP contribution in [0.2, 0.25) is 5.02 Å². The van der Waals surface area contributed by atoms with Gasteiger partial charge in [-0.2, -0.15) is 0 Å². The number of rotatable bonds is 4. The molecule has 0 aliphatic carbocycles. The number of ketones is 1. The second-order valence-electron chi connectivity index (χ2n) is 4.56. The van der Waals surface area contributed by atoms with Crippen molar-refractivity contribution in [2.75, 3.05) is 0 Å². The Bertz CT molecular complexity index is 560. The van der Waals surface area contributed by atoms with Crippen LogP contribution in [0.3, 0.4) is 0 Å². The SMILES string of the molecule is CC(C)C(=O)c1ccn(Cc2ccncc2Cl)c1. The fourth-order valence-corrected chi connectivity index (χ4v) is 1.93. The van der Waals surface area contributed by atoms with Gasteiger partial charge in [0.1, 0.15) is 0 Å². The van der Waals surface area contributed by atoms with Gasteiger partial charge in [0, 0.05) is 42.8 Å². The Labute approximate surface area is 111 Å². The molecule has 2 heterocycles. The molecule has 3 nitrogen and oxygen atoms in total. The molecule has 0 atom stereocenters. The first-order valence-corrected chi connectivity index (χ1v) is 6.24. The van der Waals surface area contributed by atoms with Crippen molar-refractivity contribution in [1.82, 2.24) is 9.55 Å². The Hall–Kier alpha value is -1.61. The van der Waals surface area contributed by atoms with Crippen molar-refractivity contribution in [3.63, 3.8) is 0 Å². The van der Waals surface area contributed by atoms with Crippen LogP contribution in [0.25, 0.3) is 0 Å². The first-order chi connectivity index (χ1) is 8.58. The Morgan fingerprint density at radius 1 is 1.44 bits per heavy atom. The van der Waals surface area contributed by atoms with E-state index in [1.165, 1.54) is 0 Å². The van der Waals surface area contributed by atoms with Crippen molar-refractivity contribution in [1.29, 1.82) is 0 Å².